The SMILES string of the molecule is CCCCCCOc1ccc(B(O)O)cn1. The number of nitrogens with zero attached hydrogens (tertiary/aromatic N) is 1. The molecule has 0 aliphatic carbocycles. The number of aromatic nitrogens is 1. The summed E-state index contributed by atoms with van der Waals surface area (Å²) in [6, 6.07) is 3.24. The van der Waals surface area contributed by atoms with Gasteiger partial charge in [0.25, 0.3) is 0 Å². The zero-order valence-corrected chi connectivity index (χ0v) is 9.59. The van der Waals surface area contributed by atoms with Crippen LogP contribution in [0.4, 0.5) is 0 Å². The highest BCUT2D eigenvalue weighted by Gasteiger charge is 2.10. The van der Waals surface area contributed by atoms with E-state index in [2.05, 4.69) is 11.9 Å². The van der Waals surface area contributed by atoms with Gasteiger partial charge < -0.3 is 14.8 Å². The predicted octanol–water partition coefficient (Wildman–Crippen LogP) is 0.720. The third kappa shape index (κ3) is 4.64. The minimum atomic E-state index is -1.47. The molecule has 0 fully saturated rings. The summed E-state index contributed by atoms with van der Waals surface area (Å²) in [7, 11) is -1.47. The maximum absolute atomic E-state index is 8.86. The predicted molar refractivity (Wildman–Crippen MR) is 63.7 cm³/mol. The zero-order chi connectivity index (χ0) is 11.8. The van der Waals surface area contributed by atoms with Crippen LogP contribution in [-0.4, -0.2) is 28.8 Å². The second kappa shape index (κ2) is 7.25. The van der Waals surface area contributed by atoms with Crippen molar-refractivity contribution in [1.82, 2.24) is 4.98 Å². The fourth-order valence-corrected chi connectivity index (χ4v) is 1.34. The Balaban J connectivity index is 2.27. The van der Waals surface area contributed by atoms with E-state index in [9.17, 15) is 0 Å². The third-order valence-electron chi connectivity index (χ3n) is 2.31. The topological polar surface area (TPSA) is 62.6 Å². The Hall–Kier alpha value is -1.07. The molecule has 4 nitrogen and oxygen atoms in total. The van der Waals surface area contributed by atoms with Crippen LogP contribution in [0, 0.1) is 0 Å². The van der Waals surface area contributed by atoms with E-state index in [1.54, 1.807) is 12.1 Å². The molecule has 5 heteroatoms. The van der Waals surface area contributed by atoms with Gasteiger partial charge in [-0.15, -0.1) is 0 Å². The molecule has 0 spiro atoms. The third-order valence-corrected chi connectivity index (χ3v) is 2.31. The first-order valence-corrected chi connectivity index (χ1v) is 5.69. The normalized spacial score (nSPS) is 10.2. The van der Waals surface area contributed by atoms with E-state index in [1.807, 2.05) is 0 Å². The molecule has 0 aromatic carbocycles. The summed E-state index contributed by atoms with van der Waals surface area (Å²) in [5.41, 5.74) is 0.373. The second-order valence-electron chi connectivity index (χ2n) is 3.71. The van der Waals surface area contributed by atoms with Crippen LogP contribution in [-0.2, 0) is 0 Å². The first-order valence-electron chi connectivity index (χ1n) is 5.69. The largest absolute Gasteiger partial charge is 0.490 e. The van der Waals surface area contributed by atoms with Crippen LogP contribution in [0.2, 0.25) is 0 Å². The summed E-state index contributed by atoms with van der Waals surface area (Å²) in [4.78, 5) is 3.98. The monoisotopic (exact) mass is 223 g/mol. The Morgan fingerprint density at radius 3 is 2.62 bits per heavy atom. The fraction of sp³-hybridized carbons (Fsp3) is 0.545. The van der Waals surface area contributed by atoms with Crippen molar-refractivity contribution >= 4 is 12.6 Å². The van der Waals surface area contributed by atoms with Gasteiger partial charge in [0.05, 0.1) is 6.61 Å². The Morgan fingerprint density at radius 2 is 2.06 bits per heavy atom. The Morgan fingerprint density at radius 1 is 1.25 bits per heavy atom. The average Bonchev–Trinajstić information content (AvgIpc) is 2.29. The van der Waals surface area contributed by atoms with Crippen molar-refractivity contribution in [3.63, 3.8) is 0 Å². The summed E-state index contributed by atoms with van der Waals surface area (Å²) in [5, 5.41) is 17.7. The molecular formula is C11H18BNO3. The minimum Gasteiger partial charge on any atom is -0.478 e. The molecule has 1 aromatic heterocycles. The molecule has 88 valence electrons. The van der Waals surface area contributed by atoms with Crippen molar-refractivity contribution in [1.29, 1.82) is 0 Å². The van der Waals surface area contributed by atoms with Crippen molar-refractivity contribution in [3.05, 3.63) is 18.3 Å². The van der Waals surface area contributed by atoms with Crippen LogP contribution < -0.4 is 10.2 Å². The summed E-state index contributed by atoms with van der Waals surface area (Å²) in [5.74, 6) is 0.529. The van der Waals surface area contributed by atoms with Gasteiger partial charge in [0, 0.05) is 11.7 Å². The first-order chi connectivity index (χ1) is 7.74. The van der Waals surface area contributed by atoms with Gasteiger partial charge in [-0.05, 0) is 12.5 Å². The maximum atomic E-state index is 8.86. The van der Waals surface area contributed by atoms with Crippen molar-refractivity contribution in [2.75, 3.05) is 6.61 Å². The van der Waals surface area contributed by atoms with Gasteiger partial charge in [-0.2, -0.15) is 0 Å². The van der Waals surface area contributed by atoms with Gasteiger partial charge in [0.15, 0.2) is 0 Å². The van der Waals surface area contributed by atoms with E-state index < -0.39 is 7.12 Å². The standard InChI is InChI=1S/C11H18BNO3/c1-2-3-4-5-8-16-11-7-6-10(9-13-11)12(14)15/h6-7,9,14-15H,2-5,8H2,1H3. The Kier molecular flexibility index (Phi) is 5.89. The Labute approximate surface area is 96.4 Å². The molecule has 1 aromatic rings. The molecule has 0 aliphatic rings. The van der Waals surface area contributed by atoms with Crippen LogP contribution in [0.25, 0.3) is 0 Å². The molecule has 0 radical (unpaired) electrons. The van der Waals surface area contributed by atoms with Crippen molar-refractivity contribution < 1.29 is 14.8 Å². The molecular weight excluding hydrogens is 205 g/mol. The summed E-state index contributed by atoms with van der Waals surface area (Å²) in [6.45, 7) is 2.83. The molecule has 1 heterocycles. The van der Waals surface area contributed by atoms with Gasteiger partial charge in [0.2, 0.25) is 5.88 Å². The van der Waals surface area contributed by atoms with Gasteiger partial charge in [-0.25, -0.2) is 4.98 Å². The first kappa shape index (κ1) is 13.0. The maximum Gasteiger partial charge on any atom is 0.490 e. The Bertz CT molecular complexity index is 290. The van der Waals surface area contributed by atoms with Gasteiger partial charge in [0.1, 0.15) is 0 Å². The van der Waals surface area contributed by atoms with Crippen molar-refractivity contribution in [3.8, 4) is 5.88 Å². The van der Waals surface area contributed by atoms with E-state index in [-0.39, 0.29) is 0 Å². The highest BCUT2D eigenvalue weighted by molar-refractivity contribution is 6.58. The fourth-order valence-electron chi connectivity index (χ4n) is 1.34. The molecule has 0 saturated carbocycles. The van der Waals surface area contributed by atoms with Crippen LogP contribution in [0.15, 0.2) is 18.3 Å². The highest BCUT2D eigenvalue weighted by atomic mass is 16.5. The summed E-state index contributed by atoms with van der Waals surface area (Å²) in [6.07, 6.45) is 6.05. The van der Waals surface area contributed by atoms with Gasteiger partial charge >= 0.3 is 7.12 Å². The molecule has 0 aliphatic heterocycles. The van der Waals surface area contributed by atoms with Crippen molar-refractivity contribution in [2.45, 2.75) is 32.6 Å². The number of hydrogen-bond acceptors (Lipinski definition) is 4. The van der Waals surface area contributed by atoms with E-state index in [1.165, 1.54) is 25.5 Å². The van der Waals surface area contributed by atoms with E-state index in [4.69, 9.17) is 14.8 Å². The zero-order valence-electron chi connectivity index (χ0n) is 9.59. The average molecular weight is 223 g/mol. The quantitative estimate of drug-likeness (QED) is 0.528. The molecule has 0 bridgehead atoms. The van der Waals surface area contributed by atoms with Gasteiger partial charge in [-0.1, -0.05) is 32.3 Å². The van der Waals surface area contributed by atoms with Crippen LogP contribution in [0.5, 0.6) is 5.88 Å². The second-order valence-corrected chi connectivity index (χ2v) is 3.71. The van der Waals surface area contributed by atoms with Gasteiger partial charge in [-0.3, -0.25) is 0 Å². The van der Waals surface area contributed by atoms with Crippen LogP contribution >= 0.6 is 0 Å². The lowest BCUT2D eigenvalue weighted by Crippen LogP contribution is -2.29. The molecule has 0 amide bonds. The molecule has 0 unspecified atom stereocenters. The lowest BCUT2D eigenvalue weighted by Gasteiger charge is -2.05. The molecule has 2 N–H and O–H groups in total. The number of rotatable bonds is 7. The highest BCUT2D eigenvalue weighted by Crippen LogP contribution is 2.05. The number of unbranched alkanes of at least 4 members (excludes halogenated alkanes) is 3. The smallest absolute Gasteiger partial charge is 0.478 e. The van der Waals surface area contributed by atoms with Crippen molar-refractivity contribution in [2.24, 2.45) is 0 Å². The van der Waals surface area contributed by atoms with Crippen LogP contribution in [0.3, 0.4) is 0 Å². The van der Waals surface area contributed by atoms with E-state index in [0.29, 0.717) is 17.9 Å². The summed E-state index contributed by atoms with van der Waals surface area (Å²) < 4.78 is 5.41. The number of ether oxygens (including phenoxy) is 1. The van der Waals surface area contributed by atoms with E-state index >= 15 is 0 Å². The molecule has 1 rings (SSSR count). The molecule has 0 atom stereocenters. The molecule has 16 heavy (non-hydrogen) atoms. The minimum absolute atomic E-state index is 0.373. The number of hydrogen-bond donors (Lipinski definition) is 2. The van der Waals surface area contributed by atoms with E-state index in [0.717, 1.165) is 6.42 Å². The van der Waals surface area contributed by atoms with Crippen LogP contribution in [0.1, 0.15) is 32.6 Å². The summed E-state index contributed by atoms with van der Waals surface area (Å²) >= 11 is 0. The number of pyridine rings is 1. The molecule has 0 saturated heterocycles. The lowest BCUT2D eigenvalue weighted by molar-refractivity contribution is 0.294. The lowest BCUT2D eigenvalue weighted by atomic mass is 9.82.